The van der Waals surface area contributed by atoms with Crippen molar-refractivity contribution in [2.24, 2.45) is 10.8 Å². The molecule has 1 aromatic carbocycles. The lowest BCUT2D eigenvalue weighted by Crippen LogP contribution is -2.32. The number of hydrogen-bond acceptors (Lipinski definition) is 2. The fourth-order valence-corrected chi connectivity index (χ4v) is 1.56. The molecule has 1 rings (SSSR count). The fraction of sp³-hybridized carbons (Fsp3) is 0.300. The molecule has 0 fully saturated rings. The van der Waals surface area contributed by atoms with Crippen LogP contribution in [0, 0.1) is 5.82 Å². The van der Waals surface area contributed by atoms with Crippen molar-refractivity contribution < 1.29 is 4.39 Å². The first kappa shape index (κ1) is 12.1. The van der Waals surface area contributed by atoms with Crippen LogP contribution in [-0.4, -0.2) is 11.9 Å². The lowest BCUT2D eigenvalue weighted by Gasteiger charge is -2.09. The summed E-state index contributed by atoms with van der Waals surface area (Å²) in [5, 5.41) is 0. The molecule has 15 heavy (non-hydrogen) atoms. The monoisotopic (exact) mass is 273 g/mol. The van der Waals surface area contributed by atoms with E-state index in [0.717, 1.165) is 4.47 Å². The van der Waals surface area contributed by atoms with Crippen LogP contribution in [0.2, 0.25) is 0 Å². The van der Waals surface area contributed by atoms with E-state index >= 15 is 0 Å². The highest BCUT2D eigenvalue weighted by Gasteiger charge is 2.08. The van der Waals surface area contributed by atoms with Crippen LogP contribution in [0.1, 0.15) is 19.4 Å². The molecule has 3 nitrogen and oxygen atoms in total. The fourth-order valence-electron chi connectivity index (χ4n) is 1.12. The maximum atomic E-state index is 13.0. The van der Waals surface area contributed by atoms with E-state index in [1.54, 1.807) is 6.07 Å². The van der Waals surface area contributed by atoms with Gasteiger partial charge in [0.1, 0.15) is 11.7 Å². The van der Waals surface area contributed by atoms with E-state index in [0.29, 0.717) is 11.4 Å². The van der Waals surface area contributed by atoms with Gasteiger partial charge < -0.3 is 5.43 Å². The van der Waals surface area contributed by atoms with E-state index in [-0.39, 0.29) is 11.9 Å². The average Bonchev–Trinajstić information content (AvgIpc) is 2.18. The summed E-state index contributed by atoms with van der Waals surface area (Å²) >= 11 is 3.32. The van der Waals surface area contributed by atoms with Crippen molar-refractivity contribution in [2.45, 2.75) is 19.9 Å². The van der Waals surface area contributed by atoms with Gasteiger partial charge in [0.25, 0.3) is 0 Å². The molecule has 0 bridgehead atoms. The molecule has 0 aromatic heterocycles. The molecule has 0 atom stereocenters. The second-order valence-electron chi connectivity index (χ2n) is 3.34. The molecule has 82 valence electrons. The third kappa shape index (κ3) is 3.28. The third-order valence-electron chi connectivity index (χ3n) is 1.71. The molecule has 5 heteroatoms. The average molecular weight is 274 g/mol. The quantitative estimate of drug-likeness (QED) is 0.376. The molecule has 0 aliphatic rings. The summed E-state index contributed by atoms with van der Waals surface area (Å²) in [6.07, 6.45) is 0. The van der Waals surface area contributed by atoms with Gasteiger partial charge in [-0.2, -0.15) is 0 Å². The van der Waals surface area contributed by atoms with Gasteiger partial charge in [-0.1, -0.05) is 15.9 Å². The number of hydrogen-bond donors (Lipinski definition) is 2. The van der Waals surface area contributed by atoms with Crippen LogP contribution in [0.3, 0.4) is 0 Å². The molecule has 0 aliphatic heterocycles. The third-order valence-corrected chi connectivity index (χ3v) is 2.40. The first-order valence-electron chi connectivity index (χ1n) is 4.54. The zero-order valence-corrected chi connectivity index (χ0v) is 10.2. The van der Waals surface area contributed by atoms with E-state index in [1.165, 1.54) is 12.1 Å². The van der Waals surface area contributed by atoms with Gasteiger partial charge in [0, 0.05) is 16.1 Å². The van der Waals surface area contributed by atoms with Crippen molar-refractivity contribution >= 4 is 21.8 Å². The summed E-state index contributed by atoms with van der Waals surface area (Å²) in [4.78, 5) is 4.25. The van der Waals surface area contributed by atoms with E-state index < -0.39 is 0 Å². The van der Waals surface area contributed by atoms with E-state index in [2.05, 4.69) is 26.3 Å². The van der Waals surface area contributed by atoms with Gasteiger partial charge >= 0.3 is 0 Å². The summed E-state index contributed by atoms with van der Waals surface area (Å²) in [6, 6.07) is 4.46. The molecule has 0 unspecified atom stereocenters. The van der Waals surface area contributed by atoms with Crippen molar-refractivity contribution in [1.82, 2.24) is 5.43 Å². The largest absolute Gasteiger partial charge is 0.308 e. The lowest BCUT2D eigenvalue weighted by atomic mass is 10.2. The van der Waals surface area contributed by atoms with Crippen molar-refractivity contribution in [3.63, 3.8) is 0 Å². The highest BCUT2D eigenvalue weighted by molar-refractivity contribution is 9.10. The minimum Gasteiger partial charge on any atom is -0.308 e. The minimum atomic E-state index is -0.320. The van der Waals surface area contributed by atoms with Crippen molar-refractivity contribution in [3.05, 3.63) is 34.1 Å². The molecule has 0 heterocycles. The van der Waals surface area contributed by atoms with Crippen molar-refractivity contribution in [3.8, 4) is 0 Å². The molecule has 0 amide bonds. The Morgan fingerprint density at radius 2 is 2.20 bits per heavy atom. The van der Waals surface area contributed by atoms with Crippen molar-refractivity contribution in [2.75, 3.05) is 0 Å². The van der Waals surface area contributed by atoms with E-state index in [9.17, 15) is 4.39 Å². The summed E-state index contributed by atoms with van der Waals surface area (Å²) in [6.45, 7) is 3.84. The summed E-state index contributed by atoms with van der Waals surface area (Å²) < 4.78 is 13.8. The molecular weight excluding hydrogens is 261 g/mol. The van der Waals surface area contributed by atoms with Crippen molar-refractivity contribution in [1.29, 1.82) is 0 Å². The topological polar surface area (TPSA) is 50.4 Å². The van der Waals surface area contributed by atoms with Crippen LogP contribution < -0.4 is 11.3 Å². The Labute approximate surface area is 96.7 Å². The van der Waals surface area contributed by atoms with Gasteiger partial charge in [0.2, 0.25) is 0 Å². The van der Waals surface area contributed by atoms with Gasteiger partial charge in [0.05, 0.1) is 0 Å². The van der Waals surface area contributed by atoms with Crippen LogP contribution in [0.4, 0.5) is 4.39 Å². The highest BCUT2D eigenvalue weighted by atomic mass is 79.9. The predicted molar refractivity (Wildman–Crippen MR) is 63.1 cm³/mol. The predicted octanol–water partition coefficient (Wildman–Crippen LogP) is 2.21. The Hall–Kier alpha value is -0.940. The number of hydrazine groups is 1. The second kappa shape index (κ2) is 5.23. The van der Waals surface area contributed by atoms with Crippen LogP contribution >= 0.6 is 15.9 Å². The zero-order chi connectivity index (χ0) is 11.4. The number of aliphatic imine (C=N–C) groups is 1. The number of nitrogens with zero attached hydrogens (tertiary/aromatic N) is 1. The van der Waals surface area contributed by atoms with Gasteiger partial charge in [-0.05, 0) is 32.0 Å². The Bertz CT molecular complexity index is 377. The molecule has 0 aliphatic carbocycles. The molecule has 0 saturated carbocycles. The maximum absolute atomic E-state index is 13.0. The molecule has 0 saturated heterocycles. The second-order valence-corrected chi connectivity index (χ2v) is 4.19. The van der Waals surface area contributed by atoms with Crippen LogP contribution in [0.15, 0.2) is 27.7 Å². The normalized spacial score (nSPS) is 12.0. The van der Waals surface area contributed by atoms with E-state index in [4.69, 9.17) is 5.84 Å². The standard InChI is InChI=1S/C10H13BrFN3/c1-6(2)14-10(15-13)8-5-7(12)3-4-9(8)11/h3-6H,13H2,1-2H3,(H,14,15). The van der Waals surface area contributed by atoms with E-state index in [1.807, 2.05) is 13.8 Å². The first-order chi connectivity index (χ1) is 7.04. The Kier molecular flexibility index (Phi) is 4.23. The molecular formula is C10H13BrFN3. The molecule has 0 radical (unpaired) electrons. The number of halogens is 2. The van der Waals surface area contributed by atoms with Crippen LogP contribution in [0.5, 0.6) is 0 Å². The van der Waals surface area contributed by atoms with Crippen LogP contribution in [-0.2, 0) is 0 Å². The van der Waals surface area contributed by atoms with Gasteiger partial charge in [-0.25, -0.2) is 10.2 Å². The van der Waals surface area contributed by atoms with Crippen LogP contribution in [0.25, 0.3) is 0 Å². The summed E-state index contributed by atoms with van der Waals surface area (Å²) in [7, 11) is 0. The minimum absolute atomic E-state index is 0.0891. The summed E-state index contributed by atoms with van der Waals surface area (Å²) in [5.74, 6) is 5.50. The highest BCUT2D eigenvalue weighted by Crippen LogP contribution is 2.18. The number of nitrogens with two attached hydrogens (primary N) is 1. The SMILES string of the molecule is CC(C)N=C(NN)c1cc(F)ccc1Br. The van der Waals surface area contributed by atoms with Gasteiger partial charge in [-0.15, -0.1) is 0 Å². The Morgan fingerprint density at radius 1 is 1.53 bits per heavy atom. The van der Waals surface area contributed by atoms with Gasteiger partial charge in [0.15, 0.2) is 0 Å². The molecule has 1 aromatic rings. The number of amidine groups is 1. The number of nitrogens with one attached hydrogen (secondary N) is 1. The first-order valence-corrected chi connectivity index (χ1v) is 5.33. The molecule has 3 N–H and O–H groups in total. The Morgan fingerprint density at radius 3 is 2.73 bits per heavy atom. The lowest BCUT2D eigenvalue weighted by molar-refractivity contribution is 0.627. The number of rotatable bonds is 2. The zero-order valence-electron chi connectivity index (χ0n) is 8.59. The summed E-state index contributed by atoms with van der Waals surface area (Å²) in [5.41, 5.74) is 3.09. The van der Waals surface area contributed by atoms with Gasteiger partial charge in [-0.3, -0.25) is 4.99 Å². The number of benzene rings is 1. The smallest absolute Gasteiger partial charge is 0.144 e. The maximum Gasteiger partial charge on any atom is 0.144 e. The Balaban J connectivity index is 3.17. The molecule has 0 spiro atoms.